The number of nitrogens with zero attached hydrogens (tertiary/aromatic N) is 3. The Balaban J connectivity index is 1.58. The average molecular weight is 582 g/mol. The van der Waals surface area contributed by atoms with Gasteiger partial charge in [0.15, 0.2) is 0 Å². The highest BCUT2D eigenvalue weighted by molar-refractivity contribution is 8.13. The van der Waals surface area contributed by atoms with Crippen LogP contribution in [0.2, 0.25) is 0 Å². The Morgan fingerprint density at radius 1 is 1.22 bits per heavy atom. The summed E-state index contributed by atoms with van der Waals surface area (Å²) in [5.74, 6) is -0.617. The minimum Gasteiger partial charge on any atom is -0.409 e. The second-order valence-corrected chi connectivity index (χ2v) is 12.1. The van der Waals surface area contributed by atoms with Crippen molar-refractivity contribution in [2.75, 3.05) is 51.6 Å². The molecule has 0 aliphatic carbocycles. The zero-order valence-corrected chi connectivity index (χ0v) is 22.4. The van der Waals surface area contributed by atoms with E-state index in [4.69, 9.17) is 24.0 Å². The van der Waals surface area contributed by atoms with E-state index in [0.717, 1.165) is 11.8 Å². The highest BCUT2D eigenvalue weighted by Crippen LogP contribution is 2.50. The summed E-state index contributed by atoms with van der Waals surface area (Å²) in [5, 5.41) is 6.16. The van der Waals surface area contributed by atoms with Gasteiger partial charge >= 0.3 is 14.7 Å². The van der Waals surface area contributed by atoms with E-state index in [2.05, 4.69) is 20.6 Å². The lowest BCUT2D eigenvalue weighted by molar-refractivity contribution is -0.119. The summed E-state index contributed by atoms with van der Waals surface area (Å²) in [7, 11) is -9.23. The summed E-state index contributed by atoms with van der Waals surface area (Å²) in [6.45, 7) is 2.15. The maximum absolute atomic E-state index is 12.0. The third-order valence-electron chi connectivity index (χ3n) is 4.77. The van der Waals surface area contributed by atoms with Gasteiger partial charge in [0, 0.05) is 44.4 Å². The first-order valence-electron chi connectivity index (χ1n) is 11.0. The first kappa shape index (κ1) is 31.3. The number of aromatic nitrogens is 2. The predicted molar refractivity (Wildman–Crippen MR) is 134 cm³/mol. The number of hydrogen-bond acceptors (Lipinski definition) is 11. The lowest BCUT2D eigenvalue weighted by atomic mass is 9.90. The molecule has 16 nitrogen and oxygen atoms in total. The summed E-state index contributed by atoms with van der Waals surface area (Å²) < 4.78 is 33.5. The van der Waals surface area contributed by atoms with E-state index in [1.54, 1.807) is 0 Å². The molecule has 0 bridgehead atoms. The maximum Gasteiger partial charge on any atom is 0.477 e. The Hall–Kier alpha value is -1.88. The maximum atomic E-state index is 12.0. The van der Waals surface area contributed by atoms with E-state index < -0.39 is 45.3 Å². The minimum atomic E-state index is -4.93. The van der Waals surface area contributed by atoms with Gasteiger partial charge in [0.05, 0.1) is 19.2 Å². The fourth-order valence-corrected chi connectivity index (χ4v) is 5.49. The van der Waals surface area contributed by atoms with Gasteiger partial charge in [0.1, 0.15) is 5.69 Å². The molecule has 206 valence electrons. The van der Waals surface area contributed by atoms with Crippen molar-refractivity contribution in [3.8, 4) is 0 Å². The van der Waals surface area contributed by atoms with Crippen molar-refractivity contribution in [1.82, 2.24) is 30.8 Å². The van der Waals surface area contributed by atoms with Gasteiger partial charge in [-0.05, 0) is 13.0 Å². The van der Waals surface area contributed by atoms with Crippen molar-refractivity contribution in [2.24, 2.45) is 0 Å². The average Bonchev–Trinajstić information content (AvgIpc) is 2.83. The molecule has 2 atom stereocenters. The zero-order chi connectivity index (χ0) is 27.3. The number of rotatable bonds is 12. The van der Waals surface area contributed by atoms with Crippen LogP contribution in [-0.2, 0) is 23.2 Å². The highest BCUT2D eigenvalue weighted by atomic mass is 32.2. The van der Waals surface area contributed by atoms with Gasteiger partial charge in [0.25, 0.3) is 11.1 Å². The van der Waals surface area contributed by atoms with Crippen LogP contribution in [0.3, 0.4) is 0 Å². The number of nitrogens with one attached hydrogen (secondary N) is 3. The van der Waals surface area contributed by atoms with Gasteiger partial charge in [0.2, 0.25) is 19.5 Å². The first-order chi connectivity index (χ1) is 17.6. The number of hydrogen-bond donors (Lipinski definition) is 6. The quantitative estimate of drug-likeness (QED) is 0.0933. The molecule has 1 aromatic rings. The molecule has 1 fully saturated rings. The van der Waals surface area contributed by atoms with Crippen LogP contribution in [0.1, 0.15) is 16.9 Å². The van der Waals surface area contributed by atoms with Crippen molar-refractivity contribution in [3.05, 3.63) is 24.3 Å². The first-order valence-corrected chi connectivity index (χ1v) is 15.1. The molecule has 6 N–H and O–H groups in total. The molecule has 37 heavy (non-hydrogen) atoms. The van der Waals surface area contributed by atoms with Crippen LogP contribution in [0, 0.1) is 0 Å². The molecule has 1 aromatic heterocycles. The summed E-state index contributed by atoms with van der Waals surface area (Å²) in [6, 6.07) is 0. The van der Waals surface area contributed by atoms with Crippen LogP contribution in [0.25, 0.3) is 0 Å². The monoisotopic (exact) mass is 582 g/mol. The molecule has 2 heterocycles. The van der Waals surface area contributed by atoms with Crippen molar-refractivity contribution in [3.63, 3.8) is 0 Å². The van der Waals surface area contributed by atoms with Gasteiger partial charge < -0.3 is 39.9 Å². The topological polar surface area (TPSA) is 230 Å². The smallest absolute Gasteiger partial charge is 0.409 e. The number of carbonyl (C=O) groups is 3. The predicted octanol–water partition coefficient (Wildman–Crippen LogP) is -1.54. The Morgan fingerprint density at radius 2 is 1.92 bits per heavy atom. The van der Waals surface area contributed by atoms with Gasteiger partial charge in [-0.2, -0.15) is 0 Å². The van der Waals surface area contributed by atoms with E-state index in [1.807, 2.05) is 10.2 Å². The lowest BCUT2D eigenvalue weighted by Gasteiger charge is -2.27. The Morgan fingerprint density at radius 3 is 2.51 bits per heavy atom. The molecule has 1 aliphatic rings. The summed E-state index contributed by atoms with van der Waals surface area (Å²) in [5.41, 5.74) is -2.00. The van der Waals surface area contributed by atoms with E-state index in [1.165, 1.54) is 18.6 Å². The van der Waals surface area contributed by atoms with Crippen molar-refractivity contribution < 1.29 is 47.5 Å². The van der Waals surface area contributed by atoms with Gasteiger partial charge in [-0.25, -0.2) is 4.98 Å². The van der Waals surface area contributed by atoms with Crippen LogP contribution in [0.4, 0.5) is 4.79 Å². The van der Waals surface area contributed by atoms with Crippen LogP contribution in [0.5, 0.6) is 0 Å². The van der Waals surface area contributed by atoms with Crippen LogP contribution >= 0.6 is 27.4 Å². The van der Waals surface area contributed by atoms with Crippen LogP contribution in [-0.4, -0.2) is 111 Å². The van der Waals surface area contributed by atoms with Crippen LogP contribution in [0.15, 0.2) is 18.6 Å². The Labute approximate surface area is 217 Å². The Kier molecular flexibility index (Phi) is 13.7. The SMILES string of the molecule is O=C(CNC(=O)c1cnccn1)NCB1OCCN(CCCSC(=O)NC([PH](=O)O)P(=O)(O)O)CCO1. The van der Waals surface area contributed by atoms with Crippen LogP contribution < -0.4 is 16.0 Å². The third-order valence-corrected chi connectivity index (χ3v) is 8.73. The molecular weight excluding hydrogens is 553 g/mol. The molecule has 3 amide bonds. The molecule has 0 saturated carbocycles. The normalized spacial score (nSPS) is 16.7. The summed E-state index contributed by atoms with van der Waals surface area (Å²) in [6.07, 6.45) is 4.75. The summed E-state index contributed by atoms with van der Waals surface area (Å²) >= 11 is 0.761. The van der Waals surface area contributed by atoms with Crippen molar-refractivity contribution in [2.45, 2.75) is 11.9 Å². The van der Waals surface area contributed by atoms with E-state index >= 15 is 0 Å². The molecule has 0 aromatic carbocycles. The van der Waals surface area contributed by atoms with Gasteiger partial charge in [-0.1, -0.05) is 11.8 Å². The van der Waals surface area contributed by atoms with Gasteiger partial charge in [-0.15, -0.1) is 0 Å². The summed E-state index contributed by atoms with van der Waals surface area (Å²) in [4.78, 5) is 72.4. The molecule has 2 unspecified atom stereocenters. The second kappa shape index (κ2) is 16.2. The van der Waals surface area contributed by atoms with E-state index in [-0.39, 0.29) is 18.7 Å². The molecule has 2 rings (SSSR count). The Bertz CT molecular complexity index is 967. The minimum absolute atomic E-state index is 0.0986. The number of thioether (sulfide) groups is 1. The third kappa shape index (κ3) is 12.5. The standard InChI is InChI=1S/C17H29BN6O10P2S/c25-14(11-21-15(26)13-10-19-2-3-20-13)22-12-18-33-7-5-24(6-8-34-18)4-1-9-37-16(27)23-17(35(28)29)36(30,31)32/h2-3,10,17,35H,1,4-9,11-12H2,(H,21,26)(H,22,25)(H,23,27)(H,28,29)(H2,30,31,32). The molecule has 1 saturated heterocycles. The second-order valence-electron chi connectivity index (χ2n) is 7.55. The van der Waals surface area contributed by atoms with Crippen molar-refractivity contribution >= 4 is 51.6 Å². The van der Waals surface area contributed by atoms with E-state index in [9.17, 15) is 23.5 Å². The number of carbonyl (C=O) groups excluding carboxylic acids is 3. The zero-order valence-electron chi connectivity index (χ0n) is 19.6. The molecular formula is C17H29BN6O10P2S. The van der Waals surface area contributed by atoms with Crippen molar-refractivity contribution in [1.29, 1.82) is 0 Å². The number of amides is 3. The fourth-order valence-electron chi connectivity index (χ4n) is 2.95. The highest BCUT2D eigenvalue weighted by Gasteiger charge is 2.35. The molecule has 0 radical (unpaired) electrons. The lowest BCUT2D eigenvalue weighted by Crippen LogP contribution is -2.46. The largest absolute Gasteiger partial charge is 0.477 e. The van der Waals surface area contributed by atoms with E-state index in [0.29, 0.717) is 45.0 Å². The van der Waals surface area contributed by atoms with Gasteiger partial charge in [-0.3, -0.25) is 33.4 Å². The molecule has 20 heteroatoms. The molecule has 0 spiro atoms. The fraction of sp³-hybridized carbons (Fsp3) is 0.588. The molecule has 1 aliphatic heterocycles.